The van der Waals surface area contributed by atoms with E-state index in [0.717, 1.165) is 51.0 Å². The summed E-state index contributed by atoms with van der Waals surface area (Å²) >= 11 is 0. The maximum Gasteiger partial charge on any atom is 0.339 e. The Bertz CT molecular complexity index is 906. The van der Waals surface area contributed by atoms with Gasteiger partial charge in [0.05, 0.1) is 5.56 Å². The molecule has 3 rings (SSSR count). The van der Waals surface area contributed by atoms with Crippen LogP contribution >= 0.6 is 24.8 Å². The third-order valence-electron chi connectivity index (χ3n) is 7.21. The number of anilines is 1. The fraction of sp³-hybridized carbons (Fsp3) is 0.536. The molecule has 3 atom stereocenters. The molecule has 1 aliphatic rings. The van der Waals surface area contributed by atoms with Crippen molar-refractivity contribution < 1.29 is 9.53 Å². The zero-order valence-electron chi connectivity index (χ0n) is 21.8. The number of carbonyl (C=O) groups excluding carboxylic acids is 1. The van der Waals surface area contributed by atoms with Crippen LogP contribution in [0.3, 0.4) is 0 Å². The summed E-state index contributed by atoms with van der Waals surface area (Å²) in [5, 5.41) is 0. The fourth-order valence-corrected chi connectivity index (χ4v) is 5.46. The molecule has 2 N–H and O–H groups in total. The quantitative estimate of drug-likeness (QED) is 0.321. The smallest absolute Gasteiger partial charge is 0.339 e. The normalized spacial score (nSPS) is 24.3. The summed E-state index contributed by atoms with van der Waals surface area (Å²) < 4.78 is 6.65. The molecule has 1 aliphatic heterocycles. The van der Waals surface area contributed by atoms with Crippen molar-refractivity contribution in [3.63, 3.8) is 0 Å². The summed E-state index contributed by atoms with van der Waals surface area (Å²) in [6, 6.07) is 17.7. The molecule has 0 spiro atoms. The van der Waals surface area contributed by atoms with Gasteiger partial charge in [-0.2, -0.15) is 0 Å². The van der Waals surface area contributed by atoms with Gasteiger partial charge in [-0.25, -0.2) is 4.79 Å². The first-order valence-electron chi connectivity index (χ1n) is 12.3. The molecular formula is C28H43Cl2N3O2. The molecule has 1 heterocycles. The number of nitrogens with zero attached hydrogens (tertiary/aromatic N) is 2. The Morgan fingerprint density at radius 1 is 1.06 bits per heavy atom. The molecule has 0 aliphatic carbocycles. The molecule has 0 amide bonds. The van der Waals surface area contributed by atoms with Crippen LogP contribution in [-0.4, -0.2) is 55.0 Å². The van der Waals surface area contributed by atoms with E-state index in [1.807, 2.05) is 18.2 Å². The molecule has 2 aromatic carbocycles. The zero-order valence-corrected chi connectivity index (χ0v) is 23.5. The molecule has 1 saturated heterocycles. The molecule has 2 aromatic rings. The summed E-state index contributed by atoms with van der Waals surface area (Å²) in [4.78, 5) is 18.5. The second-order valence-electron chi connectivity index (χ2n) is 10.0. The first-order valence-corrected chi connectivity index (χ1v) is 12.3. The van der Waals surface area contributed by atoms with Crippen molar-refractivity contribution in [3.8, 4) is 0 Å². The molecule has 0 aromatic heterocycles. The second-order valence-corrected chi connectivity index (χ2v) is 10.0. The third-order valence-corrected chi connectivity index (χ3v) is 7.21. The lowest BCUT2D eigenvalue weighted by atomic mass is 9.63. The molecule has 35 heavy (non-hydrogen) atoms. The number of carbonyl (C=O) groups is 1. The van der Waals surface area contributed by atoms with Gasteiger partial charge >= 0.3 is 5.97 Å². The van der Waals surface area contributed by atoms with Gasteiger partial charge in [0, 0.05) is 36.7 Å². The Morgan fingerprint density at radius 2 is 1.63 bits per heavy atom. The van der Waals surface area contributed by atoms with Gasteiger partial charge in [-0.05, 0) is 69.7 Å². The van der Waals surface area contributed by atoms with Crippen LogP contribution in [-0.2, 0) is 10.3 Å². The highest BCUT2D eigenvalue weighted by Gasteiger charge is 2.57. The molecule has 0 bridgehead atoms. The van der Waals surface area contributed by atoms with Crippen molar-refractivity contribution in [2.24, 2.45) is 5.41 Å². The number of rotatable bonds is 9. The first kappa shape index (κ1) is 31.2. The van der Waals surface area contributed by atoms with Gasteiger partial charge < -0.3 is 20.3 Å². The van der Waals surface area contributed by atoms with Crippen LogP contribution in [0.2, 0.25) is 0 Å². The van der Waals surface area contributed by atoms with Gasteiger partial charge in [0.2, 0.25) is 0 Å². The first-order chi connectivity index (χ1) is 15.7. The number of ether oxygens (including phenoxy) is 1. The molecule has 5 nitrogen and oxygen atoms in total. The minimum Gasteiger partial charge on any atom is -0.450 e. The van der Waals surface area contributed by atoms with E-state index in [-0.39, 0.29) is 42.2 Å². The van der Waals surface area contributed by atoms with E-state index in [1.165, 1.54) is 0 Å². The van der Waals surface area contributed by atoms with Gasteiger partial charge in [0.15, 0.2) is 0 Å². The van der Waals surface area contributed by atoms with Crippen LogP contribution < -0.4 is 5.73 Å². The summed E-state index contributed by atoms with van der Waals surface area (Å²) in [5.74, 6) is -0.292. The number of nitrogens with two attached hydrogens (primary N) is 1. The molecule has 1 fully saturated rings. The van der Waals surface area contributed by atoms with Crippen LogP contribution in [0.25, 0.3) is 0 Å². The number of piperidine rings is 1. The Kier molecular flexibility index (Phi) is 12.0. The van der Waals surface area contributed by atoms with Crippen molar-refractivity contribution in [1.82, 2.24) is 9.80 Å². The lowest BCUT2D eigenvalue weighted by Gasteiger charge is -2.57. The van der Waals surface area contributed by atoms with Crippen LogP contribution in [0.15, 0.2) is 54.6 Å². The monoisotopic (exact) mass is 523 g/mol. The third kappa shape index (κ3) is 6.91. The Balaban J connectivity index is 0.00000306. The van der Waals surface area contributed by atoms with Gasteiger partial charge in [-0.1, -0.05) is 51.1 Å². The van der Waals surface area contributed by atoms with Crippen LogP contribution in [0.5, 0.6) is 0 Å². The van der Waals surface area contributed by atoms with Crippen LogP contribution in [0.1, 0.15) is 62.9 Å². The lowest BCUT2D eigenvalue weighted by molar-refractivity contribution is -0.159. The highest BCUT2D eigenvalue weighted by Crippen LogP contribution is 2.51. The van der Waals surface area contributed by atoms with Crippen LogP contribution in [0.4, 0.5) is 5.69 Å². The second kappa shape index (κ2) is 13.5. The topological polar surface area (TPSA) is 58.8 Å². The Labute approximate surface area is 224 Å². The minimum atomic E-state index is -0.738. The fourth-order valence-electron chi connectivity index (χ4n) is 5.46. The maximum atomic E-state index is 13.5. The van der Waals surface area contributed by atoms with Crippen molar-refractivity contribution in [1.29, 1.82) is 0 Å². The van der Waals surface area contributed by atoms with Crippen molar-refractivity contribution in [2.45, 2.75) is 58.6 Å². The maximum absolute atomic E-state index is 13.5. The standard InChI is InChI=1S/C28H41N3O2.2ClH/c1-6-17-31(18-7-2)21-27(4)20-30(5)22(3)19-28(27,24-11-9-8-10-12-24)33-26(32)23-13-15-25(29)16-14-23;;/h8-16,22H,6-7,17-21,29H2,1-5H3;2*1H. The van der Waals surface area contributed by atoms with Gasteiger partial charge in [-0.15, -0.1) is 24.8 Å². The number of hydrogen-bond acceptors (Lipinski definition) is 5. The summed E-state index contributed by atoms with van der Waals surface area (Å²) in [7, 11) is 2.18. The highest BCUT2D eigenvalue weighted by molar-refractivity contribution is 5.90. The van der Waals surface area contributed by atoms with Gasteiger partial charge in [0.25, 0.3) is 0 Å². The van der Waals surface area contributed by atoms with E-state index >= 15 is 0 Å². The molecule has 3 unspecified atom stereocenters. The predicted octanol–water partition coefficient (Wildman–Crippen LogP) is 6.02. The minimum absolute atomic E-state index is 0. The van der Waals surface area contributed by atoms with E-state index in [2.05, 4.69) is 56.7 Å². The number of hydrogen-bond donors (Lipinski definition) is 1. The van der Waals surface area contributed by atoms with E-state index in [9.17, 15) is 4.79 Å². The van der Waals surface area contributed by atoms with E-state index in [0.29, 0.717) is 11.3 Å². The lowest BCUT2D eigenvalue weighted by Crippen LogP contribution is -2.63. The average Bonchev–Trinajstić information content (AvgIpc) is 2.79. The number of likely N-dealkylation sites (tertiary alicyclic amines) is 1. The van der Waals surface area contributed by atoms with Crippen molar-refractivity contribution >= 4 is 36.5 Å². The molecule has 0 saturated carbocycles. The summed E-state index contributed by atoms with van der Waals surface area (Å²) in [6.07, 6.45) is 2.95. The highest BCUT2D eigenvalue weighted by atomic mass is 35.5. The van der Waals surface area contributed by atoms with Crippen LogP contribution in [0, 0.1) is 5.41 Å². The zero-order chi connectivity index (χ0) is 24.1. The number of esters is 1. The van der Waals surface area contributed by atoms with Crippen molar-refractivity contribution in [3.05, 3.63) is 65.7 Å². The summed E-state index contributed by atoms with van der Waals surface area (Å²) in [6.45, 7) is 12.8. The SMILES string of the molecule is CCCN(CCC)CC1(C)CN(C)C(C)CC1(OC(=O)c1ccc(N)cc1)c1ccccc1.Cl.Cl. The average molecular weight is 525 g/mol. The molecule has 0 radical (unpaired) electrons. The Morgan fingerprint density at radius 3 is 2.17 bits per heavy atom. The van der Waals surface area contributed by atoms with Gasteiger partial charge in [0.1, 0.15) is 5.60 Å². The van der Waals surface area contributed by atoms with E-state index < -0.39 is 5.60 Å². The van der Waals surface area contributed by atoms with E-state index in [1.54, 1.807) is 24.3 Å². The Hall–Kier alpha value is -1.79. The van der Waals surface area contributed by atoms with Gasteiger partial charge in [-0.3, -0.25) is 0 Å². The summed E-state index contributed by atoms with van der Waals surface area (Å²) in [5.41, 5.74) is 7.07. The molecular weight excluding hydrogens is 481 g/mol. The molecule has 7 heteroatoms. The number of halogens is 2. The number of nitrogen functional groups attached to an aromatic ring is 1. The molecule has 196 valence electrons. The van der Waals surface area contributed by atoms with E-state index in [4.69, 9.17) is 10.5 Å². The predicted molar refractivity (Wildman–Crippen MR) is 151 cm³/mol. The number of benzene rings is 2. The van der Waals surface area contributed by atoms with Crippen molar-refractivity contribution in [2.75, 3.05) is 39.0 Å². The largest absolute Gasteiger partial charge is 0.450 e.